The molecule has 0 saturated heterocycles. The SMILES string of the molecule is Cc1cc(N(CCO)CCO)ccc1N=Nc1cccc(S(=O)(=O)F)c1. The molecular weight excluding hydrogens is 361 g/mol. The average molecular weight is 381 g/mol. The summed E-state index contributed by atoms with van der Waals surface area (Å²) >= 11 is 0. The van der Waals surface area contributed by atoms with Crippen molar-refractivity contribution < 1.29 is 22.5 Å². The van der Waals surface area contributed by atoms with Crippen LogP contribution in [0.15, 0.2) is 57.6 Å². The quantitative estimate of drug-likeness (QED) is 0.541. The molecule has 0 bridgehead atoms. The van der Waals surface area contributed by atoms with Gasteiger partial charge in [0.25, 0.3) is 0 Å². The summed E-state index contributed by atoms with van der Waals surface area (Å²) in [6.45, 7) is 2.55. The maximum absolute atomic E-state index is 13.0. The molecule has 2 rings (SSSR count). The second-order valence-corrected chi connectivity index (χ2v) is 6.89. The maximum atomic E-state index is 13.0. The molecule has 0 radical (unpaired) electrons. The Kier molecular flexibility index (Phi) is 6.78. The molecule has 0 unspecified atom stereocenters. The van der Waals surface area contributed by atoms with E-state index in [1.165, 1.54) is 12.1 Å². The van der Waals surface area contributed by atoms with Gasteiger partial charge in [0.2, 0.25) is 0 Å². The van der Waals surface area contributed by atoms with Gasteiger partial charge in [0.05, 0.1) is 24.6 Å². The molecule has 2 aromatic rings. The van der Waals surface area contributed by atoms with Crippen molar-refractivity contribution in [3.05, 3.63) is 48.0 Å². The first-order valence-electron chi connectivity index (χ1n) is 7.89. The van der Waals surface area contributed by atoms with Crippen molar-refractivity contribution in [1.82, 2.24) is 0 Å². The van der Waals surface area contributed by atoms with Crippen molar-refractivity contribution in [1.29, 1.82) is 0 Å². The van der Waals surface area contributed by atoms with Crippen molar-refractivity contribution in [3.63, 3.8) is 0 Å². The molecule has 0 atom stereocenters. The molecule has 26 heavy (non-hydrogen) atoms. The van der Waals surface area contributed by atoms with E-state index in [1.54, 1.807) is 12.1 Å². The highest BCUT2D eigenvalue weighted by molar-refractivity contribution is 7.86. The van der Waals surface area contributed by atoms with E-state index in [0.717, 1.165) is 23.4 Å². The Morgan fingerprint density at radius 3 is 2.31 bits per heavy atom. The Morgan fingerprint density at radius 1 is 1.04 bits per heavy atom. The smallest absolute Gasteiger partial charge is 0.332 e. The first-order valence-corrected chi connectivity index (χ1v) is 9.27. The Hall–Kier alpha value is -2.36. The lowest BCUT2D eigenvalue weighted by molar-refractivity contribution is 0.281. The maximum Gasteiger partial charge on any atom is 0.332 e. The molecule has 9 heteroatoms. The van der Waals surface area contributed by atoms with Crippen LogP contribution in [-0.2, 0) is 10.2 Å². The second kappa shape index (κ2) is 8.84. The second-order valence-electron chi connectivity index (χ2n) is 5.54. The van der Waals surface area contributed by atoms with Crippen molar-refractivity contribution in [3.8, 4) is 0 Å². The zero-order valence-electron chi connectivity index (χ0n) is 14.2. The fraction of sp³-hybridized carbons (Fsp3) is 0.294. The number of azo groups is 1. The van der Waals surface area contributed by atoms with Crippen molar-refractivity contribution >= 4 is 27.3 Å². The lowest BCUT2D eigenvalue weighted by Gasteiger charge is -2.23. The molecule has 0 fully saturated rings. The number of hydrogen-bond acceptors (Lipinski definition) is 7. The van der Waals surface area contributed by atoms with E-state index in [4.69, 9.17) is 10.2 Å². The number of halogens is 1. The van der Waals surface area contributed by atoms with Crippen molar-refractivity contribution in [2.75, 3.05) is 31.2 Å². The Bertz CT molecular complexity index is 881. The highest BCUT2D eigenvalue weighted by atomic mass is 32.3. The Balaban J connectivity index is 2.24. The van der Waals surface area contributed by atoms with E-state index in [0.29, 0.717) is 18.8 Å². The number of hydrogen-bond donors (Lipinski definition) is 2. The topological polar surface area (TPSA) is 103 Å². The van der Waals surface area contributed by atoms with Gasteiger partial charge in [-0.25, -0.2) is 0 Å². The summed E-state index contributed by atoms with van der Waals surface area (Å²) in [7, 11) is -4.79. The molecule has 140 valence electrons. The zero-order valence-corrected chi connectivity index (χ0v) is 15.0. The summed E-state index contributed by atoms with van der Waals surface area (Å²) in [6, 6.07) is 10.5. The third-order valence-corrected chi connectivity index (χ3v) is 4.47. The fourth-order valence-electron chi connectivity index (χ4n) is 2.37. The van der Waals surface area contributed by atoms with Gasteiger partial charge in [-0.05, 0) is 48.9 Å². The summed E-state index contributed by atoms with van der Waals surface area (Å²) in [4.78, 5) is 1.37. The molecule has 0 saturated carbocycles. The predicted octanol–water partition coefficient (Wildman–Crippen LogP) is 2.86. The molecule has 0 aliphatic carbocycles. The number of nitrogens with zero attached hydrogens (tertiary/aromatic N) is 3. The summed E-state index contributed by atoms with van der Waals surface area (Å²) in [5.74, 6) is 0. The number of aryl methyl sites for hydroxylation is 1. The first kappa shape index (κ1) is 20.0. The Labute approximate surface area is 151 Å². The molecule has 7 nitrogen and oxygen atoms in total. The van der Waals surface area contributed by atoms with E-state index in [9.17, 15) is 12.3 Å². The van der Waals surface area contributed by atoms with Gasteiger partial charge in [-0.2, -0.15) is 18.6 Å². The average Bonchev–Trinajstić information content (AvgIpc) is 2.60. The van der Waals surface area contributed by atoms with Gasteiger partial charge in [-0.15, -0.1) is 3.89 Å². The van der Waals surface area contributed by atoms with Gasteiger partial charge < -0.3 is 15.1 Å². The normalized spacial score (nSPS) is 11.8. The minimum Gasteiger partial charge on any atom is -0.395 e. The van der Waals surface area contributed by atoms with Crippen LogP contribution in [0, 0.1) is 6.92 Å². The summed E-state index contributed by atoms with van der Waals surface area (Å²) < 4.78 is 34.9. The van der Waals surface area contributed by atoms with Crippen LogP contribution in [0.25, 0.3) is 0 Å². The predicted molar refractivity (Wildman–Crippen MR) is 96.5 cm³/mol. The minimum absolute atomic E-state index is 0.0334. The zero-order chi connectivity index (χ0) is 19.2. The molecular formula is C17H20FN3O4S. The minimum atomic E-state index is -4.79. The van der Waals surface area contributed by atoms with Crippen LogP contribution in [0.3, 0.4) is 0 Å². The monoisotopic (exact) mass is 381 g/mol. The van der Waals surface area contributed by atoms with Gasteiger partial charge in [-0.3, -0.25) is 0 Å². The van der Waals surface area contributed by atoms with E-state index >= 15 is 0 Å². The van der Waals surface area contributed by atoms with Crippen LogP contribution in [-0.4, -0.2) is 44.9 Å². The number of anilines is 1. The molecule has 2 aromatic carbocycles. The first-order chi connectivity index (χ1) is 12.3. The number of benzene rings is 2. The highest BCUT2D eigenvalue weighted by Gasteiger charge is 2.12. The molecule has 0 amide bonds. The third kappa shape index (κ3) is 5.32. The number of rotatable bonds is 8. The summed E-state index contributed by atoms with van der Waals surface area (Å²) in [5, 5.41) is 26.3. The molecule has 0 aromatic heterocycles. The van der Waals surface area contributed by atoms with E-state index in [2.05, 4.69) is 10.2 Å². The van der Waals surface area contributed by atoms with E-state index < -0.39 is 15.1 Å². The van der Waals surface area contributed by atoms with E-state index in [1.807, 2.05) is 17.9 Å². The van der Waals surface area contributed by atoms with Gasteiger partial charge in [0.1, 0.15) is 4.90 Å². The third-order valence-electron chi connectivity index (χ3n) is 3.66. The Morgan fingerprint density at radius 2 is 1.73 bits per heavy atom. The van der Waals surface area contributed by atoms with Crippen LogP contribution in [0.4, 0.5) is 20.9 Å². The van der Waals surface area contributed by atoms with Crippen molar-refractivity contribution in [2.45, 2.75) is 11.8 Å². The van der Waals surface area contributed by atoms with Gasteiger partial charge in [-0.1, -0.05) is 6.07 Å². The standard InChI is InChI=1S/C17H20FN3O4S/c1-13-11-15(21(7-9-22)8-10-23)5-6-17(13)20-19-14-3-2-4-16(12-14)26(18,24)25/h2-6,11-12,22-23H,7-10H2,1H3. The number of aliphatic hydroxyl groups excluding tert-OH is 2. The summed E-state index contributed by atoms with van der Waals surface area (Å²) in [6.07, 6.45) is 0. The molecule has 0 spiro atoms. The fourth-order valence-corrected chi connectivity index (χ4v) is 2.87. The molecule has 0 heterocycles. The number of aliphatic hydroxyl groups is 2. The van der Waals surface area contributed by atoms with Crippen molar-refractivity contribution in [2.24, 2.45) is 10.2 Å². The largest absolute Gasteiger partial charge is 0.395 e. The van der Waals surface area contributed by atoms with Crippen LogP contribution < -0.4 is 4.90 Å². The van der Waals surface area contributed by atoms with Crippen LogP contribution in [0.5, 0.6) is 0 Å². The highest BCUT2D eigenvalue weighted by Crippen LogP contribution is 2.27. The molecule has 2 N–H and O–H groups in total. The lowest BCUT2D eigenvalue weighted by Crippen LogP contribution is -2.29. The molecule has 0 aliphatic rings. The van der Waals surface area contributed by atoms with Gasteiger partial charge in [0, 0.05) is 18.8 Å². The van der Waals surface area contributed by atoms with Gasteiger partial charge in [0.15, 0.2) is 0 Å². The molecule has 0 aliphatic heterocycles. The lowest BCUT2D eigenvalue weighted by atomic mass is 10.1. The summed E-state index contributed by atoms with van der Waals surface area (Å²) in [5.41, 5.74) is 2.42. The van der Waals surface area contributed by atoms with Gasteiger partial charge >= 0.3 is 10.2 Å². The van der Waals surface area contributed by atoms with Crippen LogP contribution >= 0.6 is 0 Å². The van der Waals surface area contributed by atoms with E-state index in [-0.39, 0.29) is 18.9 Å². The van der Waals surface area contributed by atoms with Crippen LogP contribution in [0.2, 0.25) is 0 Å². The van der Waals surface area contributed by atoms with Crippen LogP contribution in [0.1, 0.15) is 5.56 Å².